The molecule has 0 radical (unpaired) electrons. The second-order valence-electron chi connectivity index (χ2n) is 8.01. The molecule has 172 valence electrons. The van der Waals surface area contributed by atoms with E-state index in [0.29, 0.717) is 29.9 Å². The topological polar surface area (TPSA) is 125 Å². The van der Waals surface area contributed by atoms with Crippen molar-refractivity contribution in [2.45, 2.75) is 45.7 Å². The van der Waals surface area contributed by atoms with E-state index in [-0.39, 0.29) is 11.9 Å². The molecule has 0 saturated carbocycles. The summed E-state index contributed by atoms with van der Waals surface area (Å²) in [7, 11) is 0. The van der Waals surface area contributed by atoms with Gasteiger partial charge in [0.05, 0.1) is 30.0 Å². The standard InChI is InChI=1S/C22H27N9OS/c1-15-13-16(2)31(29-15)11-4-8-24-20(32)18-14-33-22(27-18)28-21-25-9-6-17(26-21)19-5-3-10-30(19)12-7-23/h6,9,13-14,19H,3-5,8,10-12H2,1-2H3,(H,24,32)(H,25,26,27,28)/t19-/m1/s1. The quantitative estimate of drug-likeness (QED) is 0.365. The van der Waals surface area contributed by atoms with Crippen molar-refractivity contribution in [2.24, 2.45) is 0 Å². The summed E-state index contributed by atoms with van der Waals surface area (Å²) in [5.74, 6) is 0.225. The Bertz CT molecular complexity index is 1150. The maximum Gasteiger partial charge on any atom is 0.270 e. The lowest BCUT2D eigenvalue weighted by Gasteiger charge is -2.21. The molecule has 1 amide bonds. The Kier molecular flexibility index (Phi) is 7.26. The fourth-order valence-corrected chi connectivity index (χ4v) is 4.70. The Morgan fingerprint density at radius 3 is 3.03 bits per heavy atom. The predicted octanol–water partition coefficient (Wildman–Crippen LogP) is 2.97. The van der Waals surface area contributed by atoms with Crippen LogP contribution in [0.4, 0.5) is 11.1 Å². The molecule has 1 aliphatic rings. The normalized spacial score (nSPS) is 16.0. The molecule has 10 nitrogen and oxygen atoms in total. The van der Waals surface area contributed by atoms with Gasteiger partial charge in [0.15, 0.2) is 5.13 Å². The van der Waals surface area contributed by atoms with E-state index in [1.165, 1.54) is 11.3 Å². The molecule has 33 heavy (non-hydrogen) atoms. The van der Waals surface area contributed by atoms with E-state index in [0.717, 1.165) is 49.4 Å². The highest BCUT2D eigenvalue weighted by Gasteiger charge is 2.27. The van der Waals surface area contributed by atoms with Gasteiger partial charge in [0, 0.05) is 30.4 Å². The van der Waals surface area contributed by atoms with Crippen LogP contribution in [-0.4, -0.2) is 55.2 Å². The first kappa shape index (κ1) is 22.8. The fourth-order valence-electron chi connectivity index (χ4n) is 4.01. The largest absolute Gasteiger partial charge is 0.351 e. The first-order chi connectivity index (χ1) is 16.0. The van der Waals surface area contributed by atoms with E-state index in [2.05, 4.69) is 41.7 Å². The van der Waals surface area contributed by atoms with Crippen LogP contribution in [0.25, 0.3) is 0 Å². The number of rotatable bonds is 9. The zero-order valence-corrected chi connectivity index (χ0v) is 19.6. The van der Waals surface area contributed by atoms with Gasteiger partial charge in [-0.15, -0.1) is 11.3 Å². The molecule has 11 heteroatoms. The van der Waals surface area contributed by atoms with Crippen LogP contribution in [0, 0.1) is 25.2 Å². The molecular formula is C22H27N9OS. The third-order valence-electron chi connectivity index (χ3n) is 5.55. The second kappa shape index (κ2) is 10.5. The number of hydrogen-bond acceptors (Lipinski definition) is 9. The van der Waals surface area contributed by atoms with Crippen LogP contribution >= 0.6 is 11.3 Å². The number of aromatic nitrogens is 5. The molecule has 0 aliphatic carbocycles. The summed E-state index contributed by atoms with van der Waals surface area (Å²) in [6.45, 7) is 6.59. The van der Waals surface area contributed by atoms with Crippen molar-refractivity contribution in [3.63, 3.8) is 0 Å². The molecule has 2 N–H and O–H groups in total. The Morgan fingerprint density at radius 1 is 1.36 bits per heavy atom. The van der Waals surface area contributed by atoms with Gasteiger partial charge >= 0.3 is 0 Å². The molecule has 0 unspecified atom stereocenters. The lowest BCUT2D eigenvalue weighted by Crippen LogP contribution is -2.25. The minimum Gasteiger partial charge on any atom is -0.351 e. The van der Waals surface area contributed by atoms with Crippen LogP contribution < -0.4 is 10.6 Å². The molecule has 1 saturated heterocycles. The van der Waals surface area contributed by atoms with E-state index in [9.17, 15) is 4.79 Å². The zero-order chi connectivity index (χ0) is 23.2. The van der Waals surface area contributed by atoms with Crippen molar-refractivity contribution in [1.82, 2.24) is 34.9 Å². The predicted molar refractivity (Wildman–Crippen MR) is 125 cm³/mol. The van der Waals surface area contributed by atoms with E-state index in [1.54, 1.807) is 11.6 Å². The number of carbonyl (C=O) groups is 1. The number of likely N-dealkylation sites (tertiary alicyclic amines) is 1. The molecule has 0 aromatic carbocycles. The number of nitriles is 1. The van der Waals surface area contributed by atoms with E-state index >= 15 is 0 Å². The van der Waals surface area contributed by atoms with Crippen molar-refractivity contribution in [3.05, 3.63) is 46.5 Å². The molecule has 4 rings (SSSR count). The SMILES string of the molecule is Cc1cc(C)n(CCCNC(=O)c2csc(Nc3nccc([C@H]4CCCN4CC#N)n3)n2)n1. The average Bonchev–Trinajstić information content (AvgIpc) is 3.52. The van der Waals surface area contributed by atoms with Gasteiger partial charge in [-0.1, -0.05) is 0 Å². The maximum atomic E-state index is 12.4. The van der Waals surface area contributed by atoms with Crippen molar-refractivity contribution in [3.8, 4) is 6.07 Å². The Morgan fingerprint density at radius 2 is 2.24 bits per heavy atom. The monoisotopic (exact) mass is 465 g/mol. The van der Waals surface area contributed by atoms with Crippen molar-refractivity contribution in [1.29, 1.82) is 5.26 Å². The molecule has 4 heterocycles. The summed E-state index contributed by atoms with van der Waals surface area (Å²) in [4.78, 5) is 27.8. The minimum atomic E-state index is -0.208. The first-order valence-corrected chi connectivity index (χ1v) is 11.9. The highest BCUT2D eigenvalue weighted by molar-refractivity contribution is 7.14. The Balaban J connectivity index is 1.30. The van der Waals surface area contributed by atoms with E-state index in [4.69, 9.17) is 5.26 Å². The van der Waals surface area contributed by atoms with Crippen molar-refractivity contribution in [2.75, 3.05) is 25.0 Å². The van der Waals surface area contributed by atoms with Gasteiger partial charge in [-0.2, -0.15) is 10.4 Å². The van der Waals surface area contributed by atoms with Crippen LogP contribution in [0.5, 0.6) is 0 Å². The third kappa shape index (κ3) is 5.71. The second-order valence-corrected chi connectivity index (χ2v) is 8.87. The highest BCUT2D eigenvalue weighted by Crippen LogP contribution is 2.30. The summed E-state index contributed by atoms with van der Waals surface area (Å²) in [5.41, 5.74) is 3.36. The summed E-state index contributed by atoms with van der Waals surface area (Å²) < 4.78 is 1.95. The molecule has 1 fully saturated rings. The average molecular weight is 466 g/mol. The molecule has 1 atom stereocenters. The minimum absolute atomic E-state index is 0.125. The van der Waals surface area contributed by atoms with Crippen molar-refractivity contribution < 1.29 is 4.79 Å². The number of thiazole rings is 1. The zero-order valence-electron chi connectivity index (χ0n) is 18.8. The molecule has 0 spiro atoms. The first-order valence-electron chi connectivity index (χ1n) is 11.0. The van der Waals surface area contributed by atoms with Gasteiger partial charge in [-0.3, -0.25) is 14.4 Å². The Hall–Kier alpha value is -3.36. The van der Waals surface area contributed by atoms with Gasteiger partial charge in [-0.25, -0.2) is 15.0 Å². The number of anilines is 2. The van der Waals surface area contributed by atoms with E-state index in [1.807, 2.05) is 30.7 Å². The molecule has 0 bridgehead atoms. The maximum absolute atomic E-state index is 12.4. The summed E-state index contributed by atoms with van der Waals surface area (Å²) >= 11 is 1.33. The van der Waals surface area contributed by atoms with Gasteiger partial charge in [0.1, 0.15) is 5.69 Å². The lowest BCUT2D eigenvalue weighted by atomic mass is 10.1. The summed E-state index contributed by atoms with van der Waals surface area (Å²) in [5, 5.41) is 21.7. The van der Waals surface area contributed by atoms with Crippen LogP contribution in [-0.2, 0) is 6.54 Å². The summed E-state index contributed by atoms with van der Waals surface area (Å²) in [6, 6.07) is 6.28. The number of hydrogen-bond donors (Lipinski definition) is 2. The van der Waals surface area contributed by atoms with Crippen LogP contribution in [0.1, 0.15) is 52.9 Å². The molecular weight excluding hydrogens is 438 g/mol. The van der Waals surface area contributed by atoms with Gasteiger partial charge in [0.2, 0.25) is 5.95 Å². The lowest BCUT2D eigenvalue weighted by molar-refractivity contribution is 0.0948. The smallest absolute Gasteiger partial charge is 0.270 e. The van der Waals surface area contributed by atoms with Gasteiger partial charge < -0.3 is 10.6 Å². The van der Waals surface area contributed by atoms with Crippen LogP contribution in [0.15, 0.2) is 23.7 Å². The number of amides is 1. The fraction of sp³-hybridized carbons (Fsp3) is 0.455. The van der Waals surface area contributed by atoms with Gasteiger partial charge in [-0.05, 0) is 51.8 Å². The number of nitrogens with one attached hydrogen (secondary N) is 2. The third-order valence-corrected chi connectivity index (χ3v) is 6.30. The number of nitrogens with zero attached hydrogens (tertiary/aromatic N) is 7. The van der Waals surface area contributed by atoms with Crippen LogP contribution in [0.2, 0.25) is 0 Å². The Labute approximate surface area is 196 Å². The molecule has 3 aromatic heterocycles. The van der Waals surface area contributed by atoms with E-state index < -0.39 is 0 Å². The summed E-state index contributed by atoms with van der Waals surface area (Å²) in [6.07, 6.45) is 4.51. The van der Waals surface area contributed by atoms with Gasteiger partial charge in [0.25, 0.3) is 5.91 Å². The number of carbonyl (C=O) groups excluding carboxylic acids is 1. The number of aryl methyl sites for hydroxylation is 3. The molecule has 3 aromatic rings. The molecule has 1 aliphatic heterocycles. The van der Waals surface area contributed by atoms with Crippen molar-refractivity contribution >= 4 is 28.3 Å². The highest BCUT2D eigenvalue weighted by atomic mass is 32.1. The van der Waals surface area contributed by atoms with Crippen LogP contribution in [0.3, 0.4) is 0 Å².